The van der Waals surface area contributed by atoms with Crippen LogP contribution >= 0.6 is 24.8 Å². The highest BCUT2D eigenvalue weighted by molar-refractivity contribution is 7.96. The van der Waals surface area contributed by atoms with Crippen molar-refractivity contribution >= 4 is 35.3 Å². The fourth-order valence-electron chi connectivity index (χ4n) is 1.47. The van der Waals surface area contributed by atoms with Crippen LogP contribution in [0.2, 0.25) is 0 Å². The zero-order valence-electron chi connectivity index (χ0n) is 11.9. The van der Waals surface area contributed by atoms with Crippen LogP contribution in [0.15, 0.2) is 30.3 Å². The molecule has 2 N–H and O–H groups in total. The predicted molar refractivity (Wildman–Crippen MR) is 90.2 cm³/mol. The van der Waals surface area contributed by atoms with Gasteiger partial charge >= 0.3 is 0 Å². The molecule has 1 aromatic carbocycles. The lowest BCUT2D eigenvalue weighted by Gasteiger charge is -2.21. The number of carbonyl (C=O) groups is 1. The van der Waals surface area contributed by atoms with Gasteiger partial charge in [-0.15, -0.1) is 0 Å². The van der Waals surface area contributed by atoms with Crippen LogP contribution in [-0.4, -0.2) is 35.0 Å². The van der Waals surface area contributed by atoms with Crippen molar-refractivity contribution in [1.82, 2.24) is 4.90 Å². The first kappa shape index (κ1) is 18.7. The second-order valence-corrected chi connectivity index (χ2v) is 4.65. The van der Waals surface area contributed by atoms with E-state index in [9.17, 15) is 0 Å². The number of thiol groups is 1. The van der Waals surface area contributed by atoms with E-state index in [1.54, 1.807) is 0 Å². The lowest BCUT2D eigenvalue weighted by Crippen LogP contribution is -2.31. The minimum atomic E-state index is -0.639. The molecule has 20 heavy (non-hydrogen) atoms. The first-order valence-electron chi connectivity index (χ1n) is 6.45. The summed E-state index contributed by atoms with van der Waals surface area (Å²) in [6, 6.07) is 10.3. The quantitative estimate of drug-likeness (QED) is 0.648. The summed E-state index contributed by atoms with van der Waals surface area (Å²) in [4.78, 5) is 11.1. The van der Waals surface area contributed by atoms with Crippen molar-refractivity contribution in [3.63, 3.8) is 0 Å². The van der Waals surface area contributed by atoms with Crippen molar-refractivity contribution in [2.75, 3.05) is 19.7 Å². The number of primary amides is 1. The molecule has 4 nitrogen and oxygen atoms in total. The van der Waals surface area contributed by atoms with Gasteiger partial charge in [-0.2, -0.15) is 0 Å². The summed E-state index contributed by atoms with van der Waals surface area (Å²) in [7, 11) is 0. The van der Waals surface area contributed by atoms with Crippen LogP contribution in [0, 0.1) is 0 Å². The summed E-state index contributed by atoms with van der Waals surface area (Å²) in [5.41, 5.74) is 5.62. The average Bonchev–Trinajstić information content (AvgIpc) is 2.41. The molecule has 0 radical (unpaired) electrons. The molecule has 0 aromatic heterocycles. The Morgan fingerprint density at radius 3 is 2.25 bits per heavy atom. The topological polar surface area (TPSA) is 55.6 Å². The molecule has 0 saturated heterocycles. The molecule has 0 saturated carbocycles. The summed E-state index contributed by atoms with van der Waals surface area (Å²) in [5.74, 6) is 0. The average molecular weight is 314 g/mol. The lowest BCUT2D eigenvalue weighted by atomic mass is 10.2. The standard InChI is InChI=1S/C13H19NOS.CH3NOS/c1-3-14(4-2)13(16)15-11-10-12-8-6-5-7-9-12;2-1(3)4/h5-9H,3-4,10-11H2,1-2H3;(H3,2,3,4). The number of nitrogens with zero attached hydrogens (tertiary/aromatic N) is 1. The molecule has 1 rings (SSSR count). The van der Waals surface area contributed by atoms with Gasteiger partial charge in [0.25, 0.3) is 10.4 Å². The third-order valence-electron chi connectivity index (χ3n) is 2.48. The Kier molecular flexibility index (Phi) is 10.8. The second kappa shape index (κ2) is 11.5. The molecule has 6 heteroatoms. The van der Waals surface area contributed by atoms with Gasteiger partial charge in [-0.25, -0.2) is 0 Å². The molecule has 0 heterocycles. The number of ether oxygens (including phenoxy) is 1. The van der Waals surface area contributed by atoms with E-state index >= 15 is 0 Å². The Morgan fingerprint density at radius 1 is 1.30 bits per heavy atom. The zero-order chi connectivity index (χ0) is 15.4. The van der Waals surface area contributed by atoms with Gasteiger partial charge in [-0.3, -0.25) is 4.79 Å². The van der Waals surface area contributed by atoms with E-state index in [1.165, 1.54) is 5.56 Å². The van der Waals surface area contributed by atoms with Gasteiger partial charge in [0, 0.05) is 19.5 Å². The maximum atomic E-state index is 9.09. The van der Waals surface area contributed by atoms with Crippen molar-refractivity contribution < 1.29 is 9.53 Å². The highest BCUT2D eigenvalue weighted by Gasteiger charge is 2.05. The zero-order valence-corrected chi connectivity index (χ0v) is 13.6. The highest BCUT2D eigenvalue weighted by atomic mass is 32.1. The van der Waals surface area contributed by atoms with Gasteiger partial charge in [0.05, 0.1) is 6.61 Å². The van der Waals surface area contributed by atoms with Crippen molar-refractivity contribution in [3.8, 4) is 0 Å². The van der Waals surface area contributed by atoms with Crippen molar-refractivity contribution in [2.24, 2.45) is 5.73 Å². The van der Waals surface area contributed by atoms with Gasteiger partial charge in [-0.1, -0.05) is 43.0 Å². The number of amides is 1. The van der Waals surface area contributed by atoms with Crippen molar-refractivity contribution in [2.45, 2.75) is 20.3 Å². The predicted octanol–water partition coefficient (Wildman–Crippen LogP) is 2.87. The number of benzene rings is 1. The first-order valence-corrected chi connectivity index (χ1v) is 7.30. The summed E-state index contributed by atoms with van der Waals surface area (Å²) in [6.07, 6.45) is 0.905. The van der Waals surface area contributed by atoms with Gasteiger partial charge in [-0.05, 0) is 31.6 Å². The van der Waals surface area contributed by atoms with Gasteiger partial charge in [0.15, 0.2) is 0 Å². The molecular formula is C14H22N2O2S2. The molecule has 0 aliphatic rings. The lowest BCUT2D eigenvalue weighted by molar-refractivity contribution is 0.252. The maximum Gasteiger partial charge on any atom is 0.273 e. The summed E-state index contributed by atoms with van der Waals surface area (Å²) >= 11 is 8.30. The van der Waals surface area contributed by atoms with Crippen molar-refractivity contribution in [3.05, 3.63) is 35.9 Å². The number of hydrogen-bond acceptors (Lipinski definition) is 3. The highest BCUT2D eigenvalue weighted by Crippen LogP contribution is 2.01. The Hall–Kier alpha value is -1.27. The smallest absolute Gasteiger partial charge is 0.273 e. The SMILES string of the molecule is CCN(CC)C(=S)OCCc1ccccc1.NC(=O)S. The fourth-order valence-corrected chi connectivity index (χ4v) is 1.82. The third kappa shape index (κ3) is 9.63. The molecule has 0 spiro atoms. The Bertz CT molecular complexity index is 391. The molecule has 0 aliphatic heterocycles. The van der Waals surface area contributed by atoms with E-state index < -0.39 is 5.24 Å². The number of rotatable bonds is 5. The van der Waals surface area contributed by atoms with E-state index in [0.717, 1.165) is 19.5 Å². The Balaban J connectivity index is 0.000000796. The molecule has 1 aromatic rings. The van der Waals surface area contributed by atoms with Crippen LogP contribution in [0.25, 0.3) is 0 Å². The van der Waals surface area contributed by atoms with Crippen LogP contribution in [0.5, 0.6) is 0 Å². The summed E-state index contributed by atoms with van der Waals surface area (Å²) in [6.45, 7) is 6.62. The number of carbonyl (C=O) groups excluding carboxylic acids is 1. The molecule has 0 fully saturated rings. The molecule has 0 atom stereocenters. The Labute approximate surface area is 131 Å². The summed E-state index contributed by atoms with van der Waals surface area (Å²) in [5, 5.41) is -0.0269. The van der Waals surface area contributed by atoms with E-state index in [4.69, 9.17) is 21.7 Å². The van der Waals surface area contributed by atoms with Crippen LogP contribution in [-0.2, 0) is 11.2 Å². The number of thiocarbonyl (C=S) groups is 1. The van der Waals surface area contributed by atoms with Gasteiger partial charge < -0.3 is 15.4 Å². The first-order chi connectivity index (χ1) is 9.51. The van der Waals surface area contributed by atoms with E-state index in [1.807, 2.05) is 23.1 Å². The van der Waals surface area contributed by atoms with E-state index in [0.29, 0.717) is 11.8 Å². The monoisotopic (exact) mass is 314 g/mol. The van der Waals surface area contributed by atoms with Crippen molar-refractivity contribution in [1.29, 1.82) is 0 Å². The molecule has 112 valence electrons. The second-order valence-electron chi connectivity index (χ2n) is 3.86. The van der Waals surface area contributed by atoms with E-state index in [-0.39, 0.29) is 0 Å². The molecule has 0 unspecified atom stereocenters. The molecular weight excluding hydrogens is 292 g/mol. The third-order valence-corrected chi connectivity index (χ3v) is 2.86. The van der Waals surface area contributed by atoms with Gasteiger partial charge in [0.1, 0.15) is 0 Å². The number of nitrogens with two attached hydrogens (primary N) is 1. The van der Waals surface area contributed by atoms with Crippen LogP contribution in [0.4, 0.5) is 4.79 Å². The van der Waals surface area contributed by atoms with Crippen LogP contribution in [0.3, 0.4) is 0 Å². The Morgan fingerprint density at radius 2 is 1.80 bits per heavy atom. The van der Waals surface area contributed by atoms with Crippen LogP contribution < -0.4 is 5.73 Å². The molecule has 0 bridgehead atoms. The number of hydrogen-bond donors (Lipinski definition) is 2. The molecule has 1 amide bonds. The largest absolute Gasteiger partial charge is 0.471 e. The van der Waals surface area contributed by atoms with Gasteiger partial charge in [0.2, 0.25) is 0 Å². The minimum absolute atomic E-state index is 0.612. The molecule has 0 aliphatic carbocycles. The normalized spacial score (nSPS) is 9.15. The van der Waals surface area contributed by atoms with Crippen LogP contribution in [0.1, 0.15) is 19.4 Å². The fraction of sp³-hybridized carbons (Fsp3) is 0.429. The van der Waals surface area contributed by atoms with E-state index in [2.05, 4.69) is 44.3 Å². The summed E-state index contributed by atoms with van der Waals surface area (Å²) < 4.78 is 5.55. The minimum Gasteiger partial charge on any atom is -0.471 e. The maximum absolute atomic E-state index is 9.09.